The molecule has 0 saturated carbocycles. The van der Waals surface area contributed by atoms with Crippen LogP contribution in [0.25, 0.3) is 0 Å². The Labute approximate surface area is 138 Å². The molecule has 4 N–H and O–H groups in total. The summed E-state index contributed by atoms with van der Waals surface area (Å²) in [4.78, 5) is 24.0. The Morgan fingerprint density at radius 2 is 1.68 bits per heavy atom. The van der Waals surface area contributed by atoms with Crippen molar-refractivity contribution in [2.24, 2.45) is 0 Å². The number of carbonyl (C=O) groups is 2. The molecule has 1 aromatic rings. The fourth-order valence-electron chi connectivity index (χ4n) is 2.20. The zero-order valence-corrected chi connectivity index (χ0v) is 13.9. The lowest BCUT2D eigenvalue weighted by atomic mass is 10.1. The number of benzene rings is 1. The summed E-state index contributed by atoms with van der Waals surface area (Å²) in [7, 11) is 0. The van der Waals surface area contributed by atoms with Gasteiger partial charge in [-0.15, -0.1) is 0 Å². The first-order chi connectivity index (χ1) is 10.6. The van der Waals surface area contributed by atoms with Crippen molar-refractivity contribution in [3.63, 3.8) is 0 Å². The summed E-state index contributed by atoms with van der Waals surface area (Å²) in [6.07, 6.45) is 0.541. The molecular weight excluding hydrogens is 348 g/mol. The van der Waals surface area contributed by atoms with Gasteiger partial charge < -0.3 is 16.0 Å². The second-order valence-corrected chi connectivity index (χ2v) is 6.07. The topological polar surface area (TPSA) is 82.3 Å². The predicted octanol–water partition coefficient (Wildman–Crippen LogP) is -0.215. The van der Waals surface area contributed by atoms with Gasteiger partial charge in [0.05, 0.1) is 12.6 Å². The van der Waals surface area contributed by atoms with E-state index < -0.39 is 6.04 Å². The highest BCUT2D eigenvalue weighted by Gasteiger charge is 2.19. The maximum atomic E-state index is 12.3. The van der Waals surface area contributed by atoms with Gasteiger partial charge in [-0.2, -0.15) is 0 Å². The molecule has 0 radical (unpaired) electrons. The van der Waals surface area contributed by atoms with Gasteiger partial charge in [0, 0.05) is 30.7 Å². The number of hydrogen-bond acceptors (Lipinski definition) is 4. The van der Waals surface area contributed by atoms with E-state index in [2.05, 4.69) is 37.2 Å². The molecule has 120 valence electrons. The molecule has 0 aliphatic carbocycles. The van der Waals surface area contributed by atoms with Gasteiger partial charge in [0.25, 0.3) is 0 Å². The van der Waals surface area contributed by atoms with E-state index in [0.29, 0.717) is 32.6 Å². The smallest absolute Gasteiger partial charge is 0.237 e. The molecule has 7 heteroatoms. The van der Waals surface area contributed by atoms with Gasteiger partial charge in [0.2, 0.25) is 11.8 Å². The summed E-state index contributed by atoms with van der Waals surface area (Å²) in [6.45, 7) is 2.68. The Bertz CT molecular complexity index is 507. The van der Waals surface area contributed by atoms with Crippen LogP contribution in [-0.2, 0) is 16.0 Å². The minimum atomic E-state index is -0.425. The molecule has 22 heavy (non-hydrogen) atoms. The summed E-state index contributed by atoms with van der Waals surface area (Å²) in [5.74, 6) is -0.186. The van der Waals surface area contributed by atoms with Crippen LogP contribution < -0.4 is 21.3 Å². The second-order valence-electron chi connectivity index (χ2n) is 5.16. The van der Waals surface area contributed by atoms with Crippen molar-refractivity contribution in [1.82, 2.24) is 21.3 Å². The molecule has 1 unspecified atom stereocenters. The van der Waals surface area contributed by atoms with Crippen molar-refractivity contribution in [1.29, 1.82) is 0 Å². The second kappa shape index (κ2) is 8.87. The number of nitrogens with one attached hydrogen (secondary N) is 4. The Hall–Kier alpha value is -1.44. The average molecular weight is 369 g/mol. The molecule has 2 amide bonds. The van der Waals surface area contributed by atoms with Crippen LogP contribution in [0.2, 0.25) is 0 Å². The van der Waals surface area contributed by atoms with Gasteiger partial charge in [-0.05, 0) is 24.1 Å². The molecule has 6 nitrogen and oxygen atoms in total. The molecule has 1 aliphatic heterocycles. The van der Waals surface area contributed by atoms with E-state index in [1.54, 1.807) is 0 Å². The lowest BCUT2D eigenvalue weighted by molar-refractivity contribution is -0.123. The Morgan fingerprint density at radius 3 is 2.41 bits per heavy atom. The molecule has 0 aromatic heterocycles. The number of amides is 2. The fraction of sp³-hybridized carbons (Fsp3) is 0.467. The highest BCUT2D eigenvalue weighted by atomic mass is 79.9. The first kappa shape index (κ1) is 16.9. The third-order valence-electron chi connectivity index (χ3n) is 3.40. The van der Waals surface area contributed by atoms with Crippen molar-refractivity contribution in [2.75, 3.05) is 32.7 Å². The first-order valence-electron chi connectivity index (χ1n) is 7.38. The molecule has 1 fully saturated rings. The molecule has 0 bridgehead atoms. The minimum absolute atomic E-state index is 0.0851. The average Bonchev–Trinajstić information content (AvgIpc) is 2.51. The lowest BCUT2D eigenvalue weighted by Crippen LogP contribution is -2.51. The van der Waals surface area contributed by atoms with Gasteiger partial charge in [-0.1, -0.05) is 28.1 Å². The van der Waals surface area contributed by atoms with Crippen molar-refractivity contribution >= 4 is 27.7 Å². The van der Waals surface area contributed by atoms with Crippen LogP contribution in [0.3, 0.4) is 0 Å². The summed E-state index contributed by atoms with van der Waals surface area (Å²) < 4.78 is 0.998. The first-order valence-corrected chi connectivity index (χ1v) is 8.17. The predicted molar refractivity (Wildman–Crippen MR) is 88.5 cm³/mol. The number of halogens is 1. The molecule has 1 aromatic carbocycles. The van der Waals surface area contributed by atoms with E-state index in [4.69, 9.17) is 0 Å². The Morgan fingerprint density at radius 1 is 1.00 bits per heavy atom. The van der Waals surface area contributed by atoms with E-state index in [9.17, 15) is 9.59 Å². The molecule has 1 saturated heterocycles. The van der Waals surface area contributed by atoms with Crippen LogP contribution in [0.5, 0.6) is 0 Å². The van der Waals surface area contributed by atoms with E-state index in [1.807, 2.05) is 24.3 Å². The summed E-state index contributed by atoms with van der Waals surface area (Å²) in [5.41, 5.74) is 1.04. The monoisotopic (exact) mass is 368 g/mol. The minimum Gasteiger partial charge on any atom is -0.354 e. The summed E-state index contributed by atoms with van der Waals surface area (Å²) in [5, 5.41) is 11.9. The SMILES string of the molecule is O=C1CNC(Cc2ccc(Br)cc2)C(=O)NCCNCCN1. The van der Waals surface area contributed by atoms with Crippen molar-refractivity contribution in [3.8, 4) is 0 Å². The number of hydrogen-bond donors (Lipinski definition) is 4. The zero-order chi connectivity index (χ0) is 15.8. The van der Waals surface area contributed by atoms with Crippen molar-refractivity contribution in [3.05, 3.63) is 34.3 Å². The molecular formula is C15H21BrN4O2. The van der Waals surface area contributed by atoms with E-state index in [1.165, 1.54) is 0 Å². The number of carbonyl (C=O) groups excluding carboxylic acids is 2. The summed E-state index contributed by atoms with van der Waals surface area (Å²) >= 11 is 3.39. The number of rotatable bonds is 2. The third kappa shape index (κ3) is 5.75. The van der Waals surface area contributed by atoms with Crippen LogP contribution in [0.15, 0.2) is 28.7 Å². The molecule has 0 spiro atoms. The van der Waals surface area contributed by atoms with Gasteiger partial charge in [0.1, 0.15) is 0 Å². The molecule has 2 rings (SSSR count). The fourth-order valence-corrected chi connectivity index (χ4v) is 2.47. The Balaban J connectivity index is 2.00. The quantitative estimate of drug-likeness (QED) is 0.581. The van der Waals surface area contributed by atoms with Crippen LogP contribution in [0, 0.1) is 0 Å². The van der Waals surface area contributed by atoms with Gasteiger partial charge in [-0.25, -0.2) is 0 Å². The van der Waals surface area contributed by atoms with Gasteiger partial charge >= 0.3 is 0 Å². The summed E-state index contributed by atoms with van der Waals surface area (Å²) in [6, 6.07) is 7.40. The maximum absolute atomic E-state index is 12.3. The van der Waals surface area contributed by atoms with E-state index in [0.717, 1.165) is 10.0 Å². The lowest BCUT2D eigenvalue weighted by Gasteiger charge is -2.20. The largest absolute Gasteiger partial charge is 0.354 e. The highest BCUT2D eigenvalue weighted by Crippen LogP contribution is 2.12. The van der Waals surface area contributed by atoms with Crippen LogP contribution in [-0.4, -0.2) is 50.6 Å². The normalized spacial score (nSPS) is 21.2. The Kier molecular flexibility index (Phi) is 6.82. The standard InChI is InChI=1S/C15H21BrN4O2/c16-12-3-1-11(2-4-12)9-13-15(22)19-8-6-17-5-7-18-14(21)10-20-13/h1-4,13,17,20H,5-10H2,(H,18,21)(H,19,22). The van der Waals surface area contributed by atoms with Crippen LogP contribution in [0.4, 0.5) is 0 Å². The zero-order valence-electron chi connectivity index (χ0n) is 12.3. The van der Waals surface area contributed by atoms with Gasteiger partial charge in [-0.3, -0.25) is 14.9 Å². The molecule has 1 atom stereocenters. The van der Waals surface area contributed by atoms with E-state index >= 15 is 0 Å². The van der Waals surface area contributed by atoms with E-state index in [-0.39, 0.29) is 18.4 Å². The molecule has 1 heterocycles. The third-order valence-corrected chi connectivity index (χ3v) is 3.93. The van der Waals surface area contributed by atoms with Crippen molar-refractivity contribution < 1.29 is 9.59 Å². The maximum Gasteiger partial charge on any atom is 0.237 e. The molecule has 1 aliphatic rings. The van der Waals surface area contributed by atoms with Crippen LogP contribution >= 0.6 is 15.9 Å². The highest BCUT2D eigenvalue weighted by molar-refractivity contribution is 9.10. The van der Waals surface area contributed by atoms with Crippen molar-refractivity contribution in [2.45, 2.75) is 12.5 Å². The van der Waals surface area contributed by atoms with Gasteiger partial charge in [0.15, 0.2) is 0 Å². The van der Waals surface area contributed by atoms with Crippen LogP contribution in [0.1, 0.15) is 5.56 Å².